The number of carbonyl (C=O) groups is 1. The zero-order valence-electron chi connectivity index (χ0n) is 15.5. The molecule has 0 atom stereocenters. The molecular weight excluding hydrogens is 346 g/mol. The highest BCUT2D eigenvalue weighted by molar-refractivity contribution is 6.01. The van der Waals surface area contributed by atoms with E-state index in [1.807, 2.05) is 26.1 Å². The summed E-state index contributed by atoms with van der Waals surface area (Å²) in [7, 11) is 3.43. The van der Waals surface area contributed by atoms with Crippen molar-refractivity contribution in [2.24, 2.45) is 0 Å². The number of anilines is 3. The van der Waals surface area contributed by atoms with Crippen LogP contribution in [-0.4, -0.2) is 59.7 Å². The van der Waals surface area contributed by atoms with Crippen molar-refractivity contribution in [3.63, 3.8) is 0 Å². The summed E-state index contributed by atoms with van der Waals surface area (Å²) in [6.45, 7) is 3.08. The highest BCUT2D eigenvalue weighted by Gasteiger charge is 2.26. The number of rotatable bonds is 5. The Labute approximate surface area is 156 Å². The van der Waals surface area contributed by atoms with Crippen molar-refractivity contribution in [2.45, 2.75) is 6.92 Å². The summed E-state index contributed by atoms with van der Waals surface area (Å²) in [5.74, 6) is 1.79. The smallest absolute Gasteiger partial charge is 0.247 e. The van der Waals surface area contributed by atoms with Crippen LogP contribution in [0.3, 0.4) is 0 Å². The fourth-order valence-corrected chi connectivity index (χ4v) is 3.17. The average Bonchev–Trinajstić information content (AvgIpc) is 3.11. The van der Waals surface area contributed by atoms with Crippen molar-refractivity contribution in [3.8, 4) is 11.3 Å². The van der Waals surface area contributed by atoms with Gasteiger partial charge in [0.25, 0.3) is 0 Å². The maximum atomic E-state index is 12.3. The number of fused-ring (bicyclic) bond motifs is 2. The Morgan fingerprint density at radius 3 is 2.96 bits per heavy atom. The van der Waals surface area contributed by atoms with Gasteiger partial charge in [-0.25, -0.2) is 15.0 Å². The number of aryl methyl sites for hydroxylation is 1. The molecule has 0 saturated heterocycles. The van der Waals surface area contributed by atoms with Gasteiger partial charge < -0.3 is 20.4 Å². The number of nitrogens with one attached hydrogen (secondary N) is 3. The Hall–Kier alpha value is -3.20. The van der Waals surface area contributed by atoms with E-state index in [0.717, 1.165) is 22.2 Å². The van der Waals surface area contributed by atoms with E-state index in [-0.39, 0.29) is 12.5 Å². The van der Waals surface area contributed by atoms with E-state index in [1.54, 1.807) is 18.2 Å². The van der Waals surface area contributed by atoms with Crippen LogP contribution < -0.4 is 15.5 Å². The van der Waals surface area contributed by atoms with Crippen LogP contribution in [0.25, 0.3) is 22.3 Å². The Balaban J connectivity index is 1.78. The van der Waals surface area contributed by atoms with Gasteiger partial charge in [-0.05, 0) is 24.6 Å². The van der Waals surface area contributed by atoms with Gasteiger partial charge >= 0.3 is 0 Å². The third-order valence-corrected chi connectivity index (χ3v) is 4.55. The van der Waals surface area contributed by atoms with Gasteiger partial charge in [-0.2, -0.15) is 0 Å². The van der Waals surface area contributed by atoms with Crippen LogP contribution in [0.4, 0.5) is 17.6 Å². The molecule has 0 fully saturated rings. The monoisotopic (exact) mass is 367 g/mol. The minimum absolute atomic E-state index is 0.0511. The molecule has 0 unspecified atom stereocenters. The van der Waals surface area contributed by atoms with E-state index in [1.165, 1.54) is 0 Å². The summed E-state index contributed by atoms with van der Waals surface area (Å²) in [6, 6.07) is 4.01. The number of H-pyrrole nitrogens is 1. The zero-order chi connectivity index (χ0) is 19.0. The molecule has 1 aliphatic heterocycles. The van der Waals surface area contributed by atoms with E-state index >= 15 is 0 Å². The molecule has 3 N–H and O–H groups in total. The minimum atomic E-state index is -0.0511. The largest absolute Gasteiger partial charge is 0.383 e. The van der Waals surface area contributed by atoms with Crippen molar-refractivity contribution >= 4 is 34.5 Å². The third-order valence-electron chi connectivity index (χ3n) is 4.55. The second-order valence-electron chi connectivity index (χ2n) is 6.34. The average molecular weight is 367 g/mol. The molecule has 0 aliphatic carbocycles. The fraction of sp³-hybridized carbons (Fsp3) is 0.333. The number of hydrogen-bond donors (Lipinski definition) is 3. The Bertz CT molecular complexity index is 1010. The lowest BCUT2D eigenvalue weighted by Crippen LogP contribution is -2.42. The Morgan fingerprint density at radius 1 is 1.33 bits per heavy atom. The molecular formula is C18H21N7O2. The van der Waals surface area contributed by atoms with Crippen LogP contribution >= 0.6 is 0 Å². The second-order valence-corrected chi connectivity index (χ2v) is 6.34. The molecule has 1 aromatic carbocycles. The van der Waals surface area contributed by atoms with Crippen LogP contribution in [0, 0.1) is 6.92 Å². The molecule has 9 heteroatoms. The molecule has 3 aromatic rings. The van der Waals surface area contributed by atoms with Gasteiger partial charge in [0.2, 0.25) is 11.9 Å². The number of amides is 1. The third kappa shape index (κ3) is 3.06. The van der Waals surface area contributed by atoms with Crippen molar-refractivity contribution in [3.05, 3.63) is 23.9 Å². The summed E-state index contributed by atoms with van der Waals surface area (Å²) >= 11 is 0. The zero-order valence-corrected chi connectivity index (χ0v) is 15.5. The molecule has 4 rings (SSSR count). The first-order chi connectivity index (χ1) is 13.1. The Kier molecular flexibility index (Phi) is 4.36. The molecule has 140 valence electrons. The number of imidazole rings is 1. The van der Waals surface area contributed by atoms with Gasteiger partial charge in [0.05, 0.1) is 42.6 Å². The van der Waals surface area contributed by atoms with Gasteiger partial charge in [0, 0.05) is 19.7 Å². The van der Waals surface area contributed by atoms with Crippen molar-refractivity contribution in [2.75, 3.05) is 49.4 Å². The molecule has 0 saturated carbocycles. The van der Waals surface area contributed by atoms with E-state index in [4.69, 9.17) is 9.72 Å². The summed E-state index contributed by atoms with van der Waals surface area (Å²) in [5, 5.41) is 6.03. The predicted octanol–water partition coefficient (Wildman–Crippen LogP) is 1.77. The molecule has 2 aromatic heterocycles. The summed E-state index contributed by atoms with van der Waals surface area (Å²) in [6.07, 6.45) is 1.71. The number of aromatic nitrogens is 4. The van der Waals surface area contributed by atoms with Gasteiger partial charge in [-0.3, -0.25) is 9.69 Å². The first-order valence-electron chi connectivity index (χ1n) is 8.69. The molecule has 1 amide bonds. The van der Waals surface area contributed by atoms with Crippen molar-refractivity contribution in [1.82, 2.24) is 19.9 Å². The van der Waals surface area contributed by atoms with Gasteiger partial charge in [-0.15, -0.1) is 0 Å². The molecule has 0 spiro atoms. The standard InChI is InChI=1S/C18H21N7O2/c1-10-6-11(7-12-15(10)24-18(19-2)23-12)13-8-20-16-17(22-13)25(4-5-27-3)14(26)9-21-16/h6-8H,4-5,9H2,1-3H3,(H,20,21)(H2,19,23,24). The summed E-state index contributed by atoms with van der Waals surface area (Å²) in [4.78, 5) is 30.9. The van der Waals surface area contributed by atoms with E-state index in [2.05, 4.69) is 25.6 Å². The molecule has 3 heterocycles. The molecule has 0 radical (unpaired) electrons. The highest BCUT2D eigenvalue weighted by Crippen LogP contribution is 2.31. The number of carbonyl (C=O) groups excluding carboxylic acids is 1. The Morgan fingerprint density at radius 2 is 2.19 bits per heavy atom. The summed E-state index contributed by atoms with van der Waals surface area (Å²) < 4.78 is 5.12. The van der Waals surface area contributed by atoms with Crippen LogP contribution in [0.15, 0.2) is 18.3 Å². The van der Waals surface area contributed by atoms with Crippen LogP contribution in [0.2, 0.25) is 0 Å². The maximum absolute atomic E-state index is 12.3. The highest BCUT2D eigenvalue weighted by atomic mass is 16.5. The van der Waals surface area contributed by atoms with Crippen molar-refractivity contribution in [1.29, 1.82) is 0 Å². The first kappa shape index (κ1) is 17.2. The number of aromatic amines is 1. The normalized spacial score (nSPS) is 13.6. The quantitative estimate of drug-likeness (QED) is 0.631. The van der Waals surface area contributed by atoms with Gasteiger partial charge in [-0.1, -0.05) is 0 Å². The maximum Gasteiger partial charge on any atom is 0.247 e. The predicted molar refractivity (Wildman–Crippen MR) is 104 cm³/mol. The van der Waals surface area contributed by atoms with E-state index < -0.39 is 0 Å². The number of benzene rings is 1. The van der Waals surface area contributed by atoms with Crippen LogP contribution in [-0.2, 0) is 9.53 Å². The SMILES string of the molecule is CNc1nc2c(C)cc(-c3cnc4c(n3)N(CCOC)C(=O)CN4)cc2[nH]1. The lowest BCUT2D eigenvalue weighted by Gasteiger charge is -2.28. The van der Waals surface area contributed by atoms with E-state index in [9.17, 15) is 4.79 Å². The number of ether oxygens (including phenoxy) is 1. The number of methoxy groups -OCH3 is 1. The van der Waals surface area contributed by atoms with E-state index in [0.29, 0.717) is 36.4 Å². The molecule has 9 nitrogen and oxygen atoms in total. The first-order valence-corrected chi connectivity index (χ1v) is 8.69. The molecule has 0 bridgehead atoms. The fourth-order valence-electron chi connectivity index (χ4n) is 3.17. The molecule has 1 aliphatic rings. The van der Waals surface area contributed by atoms with Crippen LogP contribution in [0.1, 0.15) is 5.56 Å². The van der Waals surface area contributed by atoms with Gasteiger partial charge in [0.15, 0.2) is 11.6 Å². The van der Waals surface area contributed by atoms with Crippen molar-refractivity contribution < 1.29 is 9.53 Å². The number of nitrogens with zero attached hydrogens (tertiary/aromatic N) is 4. The summed E-state index contributed by atoms with van der Waals surface area (Å²) in [5.41, 5.74) is 4.46. The number of hydrogen-bond acceptors (Lipinski definition) is 7. The van der Waals surface area contributed by atoms with Gasteiger partial charge in [0.1, 0.15) is 0 Å². The minimum Gasteiger partial charge on any atom is -0.383 e. The topological polar surface area (TPSA) is 108 Å². The second kappa shape index (κ2) is 6.84. The van der Waals surface area contributed by atoms with Crippen LogP contribution in [0.5, 0.6) is 0 Å². The lowest BCUT2D eigenvalue weighted by atomic mass is 10.1. The lowest BCUT2D eigenvalue weighted by molar-refractivity contribution is -0.117. The molecule has 27 heavy (non-hydrogen) atoms.